The van der Waals surface area contributed by atoms with Crippen molar-refractivity contribution in [2.45, 2.75) is 25.7 Å². The Kier molecular flexibility index (Phi) is 6.66. The molecule has 0 aliphatic heterocycles. The lowest BCUT2D eigenvalue weighted by Crippen LogP contribution is -2.34. The van der Waals surface area contributed by atoms with Crippen LogP contribution in [0.4, 0.5) is 4.79 Å². The number of methoxy groups -OCH3 is 1. The Hall–Kier alpha value is -2.02. The van der Waals surface area contributed by atoms with Crippen LogP contribution in [0.3, 0.4) is 0 Å². The van der Waals surface area contributed by atoms with Crippen molar-refractivity contribution < 1.29 is 19.4 Å². The molecule has 3 N–H and O–H groups in total. The molecule has 2 rings (SSSR count). The zero-order chi connectivity index (χ0) is 17.5. The smallest absolute Gasteiger partial charge is 0.404 e. The van der Waals surface area contributed by atoms with Gasteiger partial charge < -0.3 is 20.5 Å². The topological polar surface area (TPSA) is 101 Å². The number of aromatic nitrogens is 1. The molecular weight excluding hydrogens is 334 g/mol. The van der Waals surface area contributed by atoms with Gasteiger partial charge in [-0.2, -0.15) is 0 Å². The van der Waals surface area contributed by atoms with Gasteiger partial charge in [-0.05, 0) is 43.6 Å². The summed E-state index contributed by atoms with van der Waals surface area (Å²) in [6.45, 7) is 1.10. The fraction of sp³-hybridized carbons (Fsp3) is 0.562. The molecule has 1 aromatic heterocycles. The summed E-state index contributed by atoms with van der Waals surface area (Å²) in [5.74, 6) is 0.900. The molecule has 0 bridgehead atoms. The van der Waals surface area contributed by atoms with Crippen molar-refractivity contribution >= 4 is 23.6 Å². The molecule has 8 heteroatoms. The lowest BCUT2D eigenvalue weighted by atomic mass is 9.82. The van der Waals surface area contributed by atoms with Gasteiger partial charge in [-0.1, -0.05) is 11.6 Å². The van der Waals surface area contributed by atoms with Crippen LogP contribution in [-0.4, -0.2) is 42.3 Å². The summed E-state index contributed by atoms with van der Waals surface area (Å²) in [6, 6.07) is 3.06. The minimum Gasteiger partial charge on any atom is -0.481 e. The number of carbonyl (C=O) groups excluding carboxylic acids is 1. The van der Waals surface area contributed by atoms with Gasteiger partial charge in [0, 0.05) is 24.7 Å². The van der Waals surface area contributed by atoms with Gasteiger partial charge in [0.25, 0.3) is 5.91 Å². The Morgan fingerprint density at radius 3 is 2.33 bits per heavy atom. The second kappa shape index (κ2) is 8.73. The second-order valence-electron chi connectivity index (χ2n) is 6.00. The summed E-state index contributed by atoms with van der Waals surface area (Å²) < 4.78 is 5.01. The van der Waals surface area contributed by atoms with Gasteiger partial charge in [0.15, 0.2) is 0 Å². The minimum atomic E-state index is -0.976. The van der Waals surface area contributed by atoms with Gasteiger partial charge in [0.05, 0.1) is 7.11 Å². The summed E-state index contributed by atoms with van der Waals surface area (Å²) >= 11 is 5.87. The third-order valence-corrected chi connectivity index (χ3v) is 4.50. The number of carboxylic acid groups (broad SMARTS) is 1. The second-order valence-corrected chi connectivity index (χ2v) is 6.39. The van der Waals surface area contributed by atoms with Crippen LogP contribution in [0.25, 0.3) is 0 Å². The zero-order valence-electron chi connectivity index (χ0n) is 13.5. The lowest BCUT2D eigenvalue weighted by molar-refractivity contribution is 0.0940. The first-order valence-corrected chi connectivity index (χ1v) is 8.32. The molecular formula is C16H22ClN3O4. The van der Waals surface area contributed by atoms with E-state index in [2.05, 4.69) is 15.6 Å². The number of hydrogen-bond acceptors (Lipinski definition) is 4. The monoisotopic (exact) mass is 355 g/mol. The van der Waals surface area contributed by atoms with Crippen molar-refractivity contribution in [3.63, 3.8) is 0 Å². The molecule has 7 nitrogen and oxygen atoms in total. The van der Waals surface area contributed by atoms with Crippen molar-refractivity contribution in [1.82, 2.24) is 15.6 Å². The van der Waals surface area contributed by atoms with Crippen LogP contribution >= 0.6 is 11.6 Å². The highest BCUT2D eigenvalue weighted by Crippen LogP contribution is 2.28. The molecule has 0 atom stereocenters. The summed E-state index contributed by atoms with van der Waals surface area (Å²) in [6.07, 6.45) is 2.92. The van der Waals surface area contributed by atoms with Crippen LogP contribution in [0.15, 0.2) is 12.1 Å². The van der Waals surface area contributed by atoms with Crippen LogP contribution < -0.4 is 15.4 Å². The molecule has 0 unspecified atom stereocenters. The van der Waals surface area contributed by atoms with Gasteiger partial charge >= 0.3 is 6.09 Å². The van der Waals surface area contributed by atoms with E-state index >= 15 is 0 Å². The van der Waals surface area contributed by atoms with Gasteiger partial charge in [0.1, 0.15) is 5.15 Å². The molecule has 1 aliphatic carbocycles. The summed E-state index contributed by atoms with van der Waals surface area (Å²) in [5, 5.41) is 14.2. The molecule has 1 saturated carbocycles. The molecule has 1 aromatic rings. The SMILES string of the molecule is COc1cc(C(=O)NC[C@H]2CC[C@H](CNC(=O)O)CC2)cc(Cl)n1. The summed E-state index contributed by atoms with van der Waals surface area (Å²) in [4.78, 5) is 26.7. The molecule has 0 saturated heterocycles. The zero-order valence-corrected chi connectivity index (χ0v) is 14.3. The van der Waals surface area contributed by atoms with Gasteiger partial charge in [-0.3, -0.25) is 4.79 Å². The minimum absolute atomic E-state index is 0.202. The molecule has 1 fully saturated rings. The van der Waals surface area contributed by atoms with Crippen molar-refractivity contribution in [3.05, 3.63) is 22.8 Å². The summed E-state index contributed by atoms with van der Waals surface area (Å²) in [5.41, 5.74) is 0.422. The van der Waals surface area contributed by atoms with Crippen molar-refractivity contribution in [2.24, 2.45) is 11.8 Å². The third-order valence-electron chi connectivity index (χ3n) is 4.30. The number of halogens is 1. The highest BCUT2D eigenvalue weighted by Gasteiger charge is 2.22. The van der Waals surface area contributed by atoms with Crippen LogP contribution in [-0.2, 0) is 0 Å². The maximum Gasteiger partial charge on any atom is 0.404 e. The van der Waals surface area contributed by atoms with Crippen molar-refractivity contribution in [1.29, 1.82) is 0 Å². The van der Waals surface area contributed by atoms with E-state index in [0.29, 0.717) is 36.4 Å². The molecule has 2 amide bonds. The van der Waals surface area contributed by atoms with E-state index in [1.54, 1.807) is 6.07 Å². The first-order valence-electron chi connectivity index (χ1n) is 7.94. The first kappa shape index (κ1) is 18.3. The van der Waals surface area contributed by atoms with Gasteiger partial charge in [0.2, 0.25) is 5.88 Å². The Morgan fingerprint density at radius 2 is 1.79 bits per heavy atom. The lowest BCUT2D eigenvalue weighted by Gasteiger charge is -2.28. The van der Waals surface area contributed by atoms with E-state index in [4.69, 9.17) is 21.4 Å². The van der Waals surface area contributed by atoms with E-state index in [-0.39, 0.29) is 11.1 Å². The standard InChI is InChI=1S/C16H22ClN3O4/c1-24-14-7-12(6-13(17)20-14)15(21)18-8-10-2-4-11(5-3-10)9-19-16(22)23/h6-7,10-11,19H,2-5,8-9H2,1H3,(H,18,21)(H,22,23)/t10-,11-. The fourth-order valence-electron chi connectivity index (χ4n) is 2.92. The van der Waals surface area contributed by atoms with Gasteiger partial charge in [-0.15, -0.1) is 0 Å². The molecule has 132 valence electrons. The highest BCUT2D eigenvalue weighted by molar-refractivity contribution is 6.29. The molecule has 24 heavy (non-hydrogen) atoms. The number of hydrogen-bond donors (Lipinski definition) is 3. The average Bonchev–Trinajstić information content (AvgIpc) is 2.58. The number of nitrogens with one attached hydrogen (secondary N) is 2. The van der Waals surface area contributed by atoms with Crippen LogP contribution in [0, 0.1) is 11.8 Å². The number of carbonyl (C=O) groups is 2. The molecule has 1 heterocycles. The predicted octanol–water partition coefficient (Wildman–Crippen LogP) is 2.55. The quantitative estimate of drug-likeness (QED) is 0.681. The third kappa shape index (κ3) is 5.56. The predicted molar refractivity (Wildman–Crippen MR) is 89.6 cm³/mol. The number of rotatable bonds is 6. The molecule has 1 aliphatic rings. The van der Waals surface area contributed by atoms with E-state index < -0.39 is 6.09 Å². The first-order chi connectivity index (χ1) is 11.5. The number of pyridine rings is 1. The van der Waals surface area contributed by atoms with E-state index in [0.717, 1.165) is 25.7 Å². The van der Waals surface area contributed by atoms with Crippen molar-refractivity contribution in [2.75, 3.05) is 20.2 Å². The van der Waals surface area contributed by atoms with E-state index in [1.807, 2.05) is 0 Å². The number of amides is 2. The Balaban J connectivity index is 1.77. The van der Waals surface area contributed by atoms with E-state index in [1.165, 1.54) is 13.2 Å². The Bertz CT molecular complexity index is 589. The maximum atomic E-state index is 12.2. The van der Waals surface area contributed by atoms with Crippen LogP contribution in [0.1, 0.15) is 36.0 Å². The Labute approximate surface area is 145 Å². The summed E-state index contributed by atoms with van der Waals surface area (Å²) in [7, 11) is 1.47. The molecule has 0 spiro atoms. The normalized spacial score (nSPS) is 20.2. The highest BCUT2D eigenvalue weighted by atomic mass is 35.5. The van der Waals surface area contributed by atoms with Crippen molar-refractivity contribution in [3.8, 4) is 5.88 Å². The fourth-order valence-corrected chi connectivity index (χ4v) is 3.12. The number of ether oxygens (including phenoxy) is 1. The van der Waals surface area contributed by atoms with Gasteiger partial charge in [-0.25, -0.2) is 9.78 Å². The van der Waals surface area contributed by atoms with Crippen LogP contribution in [0.2, 0.25) is 5.15 Å². The maximum absolute atomic E-state index is 12.2. The molecule has 0 aromatic carbocycles. The van der Waals surface area contributed by atoms with Crippen LogP contribution in [0.5, 0.6) is 5.88 Å². The average molecular weight is 356 g/mol. The Morgan fingerprint density at radius 1 is 1.21 bits per heavy atom. The largest absolute Gasteiger partial charge is 0.481 e. The van der Waals surface area contributed by atoms with E-state index in [9.17, 15) is 9.59 Å². The number of nitrogens with zero attached hydrogens (tertiary/aromatic N) is 1. The molecule has 0 radical (unpaired) electrons.